The van der Waals surface area contributed by atoms with Crippen molar-refractivity contribution in [3.63, 3.8) is 0 Å². The standard InChI is InChI=1S/C13H13F3N2O5/c14-13(15,16)7-23-9-5-8(1-3-17-9)10(19)18-12(11(20)21)2-4-22-6-12/h1,3,5H,2,4,6-7H2,(H,18,19)(H,20,21). The molecule has 1 aliphatic rings. The van der Waals surface area contributed by atoms with E-state index in [1.807, 2.05) is 0 Å². The first kappa shape index (κ1) is 17.0. The molecular formula is C13H13F3N2O5. The number of hydrogen-bond acceptors (Lipinski definition) is 5. The molecule has 1 atom stereocenters. The molecule has 0 bridgehead atoms. The second-order valence-electron chi connectivity index (χ2n) is 4.93. The minimum atomic E-state index is -4.53. The molecule has 1 saturated heterocycles. The summed E-state index contributed by atoms with van der Waals surface area (Å²) >= 11 is 0. The van der Waals surface area contributed by atoms with E-state index in [2.05, 4.69) is 15.0 Å². The van der Waals surface area contributed by atoms with Gasteiger partial charge in [-0.05, 0) is 6.07 Å². The number of halogens is 3. The average Bonchev–Trinajstić information content (AvgIpc) is 2.94. The van der Waals surface area contributed by atoms with Crippen molar-refractivity contribution in [3.8, 4) is 5.88 Å². The van der Waals surface area contributed by atoms with E-state index in [4.69, 9.17) is 4.74 Å². The first-order chi connectivity index (χ1) is 10.7. The predicted molar refractivity (Wildman–Crippen MR) is 69.1 cm³/mol. The maximum atomic E-state index is 12.1. The largest absolute Gasteiger partial charge is 0.479 e. The molecule has 2 N–H and O–H groups in total. The Balaban J connectivity index is 2.09. The van der Waals surface area contributed by atoms with Crippen LogP contribution in [0.25, 0.3) is 0 Å². The Morgan fingerprint density at radius 1 is 1.48 bits per heavy atom. The quantitative estimate of drug-likeness (QED) is 0.834. The van der Waals surface area contributed by atoms with Gasteiger partial charge in [0.15, 0.2) is 12.1 Å². The van der Waals surface area contributed by atoms with E-state index in [1.54, 1.807) is 0 Å². The summed E-state index contributed by atoms with van der Waals surface area (Å²) < 4.78 is 45.7. The molecule has 1 aromatic heterocycles. The van der Waals surface area contributed by atoms with E-state index in [-0.39, 0.29) is 31.1 Å². The molecule has 0 radical (unpaired) electrons. The van der Waals surface area contributed by atoms with E-state index in [0.717, 1.165) is 12.3 Å². The number of nitrogens with zero attached hydrogens (tertiary/aromatic N) is 1. The van der Waals surface area contributed by atoms with Crippen LogP contribution in [0.15, 0.2) is 18.3 Å². The number of carboxylic acid groups (broad SMARTS) is 1. The Hall–Kier alpha value is -2.36. The zero-order valence-corrected chi connectivity index (χ0v) is 11.7. The summed E-state index contributed by atoms with van der Waals surface area (Å²) in [4.78, 5) is 27.0. The summed E-state index contributed by atoms with van der Waals surface area (Å²) in [5.74, 6) is -2.40. The number of rotatable bonds is 5. The van der Waals surface area contributed by atoms with Crippen molar-refractivity contribution >= 4 is 11.9 Å². The number of hydrogen-bond donors (Lipinski definition) is 2. The molecule has 1 aromatic rings. The van der Waals surface area contributed by atoms with E-state index in [1.165, 1.54) is 6.07 Å². The number of carboxylic acids is 1. The molecule has 126 valence electrons. The van der Waals surface area contributed by atoms with Crippen LogP contribution >= 0.6 is 0 Å². The van der Waals surface area contributed by atoms with Crippen LogP contribution in [0.4, 0.5) is 13.2 Å². The molecule has 0 aliphatic carbocycles. The van der Waals surface area contributed by atoms with E-state index in [0.29, 0.717) is 0 Å². The van der Waals surface area contributed by atoms with E-state index in [9.17, 15) is 27.9 Å². The monoisotopic (exact) mass is 334 g/mol. The van der Waals surface area contributed by atoms with Crippen LogP contribution in [-0.2, 0) is 9.53 Å². The summed E-state index contributed by atoms with van der Waals surface area (Å²) in [7, 11) is 0. The summed E-state index contributed by atoms with van der Waals surface area (Å²) in [6, 6.07) is 2.24. The fourth-order valence-electron chi connectivity index (χ4n) is 1.96. The number of alkyl halides is 3. The number of aliphatic carboxylic acids is 1. The van der Waals surface area contributed by atoms with Crippen LogP contribution in [0.1, 0.15) is 16.8 Å². The van der Waals surface area contributed by atoms with Crippen molar-refractivity contribution in [2.24, 2.45) is 0 Å². The second-order valence-corrected chi connectivity index (χ2v) is 4.93. The topological polar surface area (TPSA) is 97.8 Å². The van der Waals surface area contributed by atoms with Crippen molar-refractivity contribution in [1.82, 2.24) is 10.3 Å². The molecule has 2 rings (SSSR count). The Kier molecular flexibility index (Phi) is 4.73. The molecule has 0 aromatic carbocycles. The zero-order valence-electron chi connectivity index (χ0n) is 11.7. The van der Waals surface area contributed by atoms with Gasteiger partial charge in [-0.3, -0.25) is 4.79 Å². The maximum absolute atomic E-state index is 12.1. The molecule has 23 heavy (non-hydrogen) atoms. The van der Waals surface area contributed by atoms with Gasteiger partial charge >= 0.3 is 12.1 Å². The van der Waals surface area contributed by atoms with Crippen LogP contribution in [0.3, 0.4) is 0 Å². The average molecular weight is 334 g/mol. The van der Waals surface area contributed by atoms with E-state index >= 15 is 0 Å². The maximum Gasteiger partial charge on any atom is 0.422 e. The van der Waals surface area contributed by atoms with Gasteiger partial charge < -0.3 is 19.9 Å². The molecule has 1 amide bonds. The number of ether oxygens (including phenoxy) is 2. The Morgan fingerprint density at radius 2 is 2.22 bits per heavy atom. The van der Waals surface area contributed by atoms with Crippen molar-refractivity contribution in [3.05, 3.63) is 23.9 Å². The number of carbonyl (C=O) groups excluding carboxylic acids is 1. The Bertz CT molecular complexity index is 600. The SMILES string of the molecule is O=C(NC1(C(=O)O)CCOC1)c1ccnc(OCC(F)(F)F)c1. The zero-order chi connectivity index (χ0) is 17.1. The third-order valence-corrected chi connectivity index (χ3v) is 3.16. The third kappa shape index (κ3) is 4.31. The van der Waals surface area contributed by atoms with Gasteiger partial charge in [0.25, 0.3) is 5.91 Å². The lowest BCUT2D eigenvalue weighted by molar-refractivity contribution is -0.154. The predicted octanol–water partition coefficient (Wildman–Crippen LogP) is 0.996. The number of amides is 1. The van der Waals surface area contributed by atoms with Crippen LogP contribution in [0.2, 0.25) is 0 Å². The molecule has 2 heterocycles. The highest BCUT2D eigenvalue weighted by Gasteiger charge is 2.44. The highest BCUT2D eigenvalue weighted by atomic mass is 19.4. The minimum absolute atomic E-state index is 0.0651. The van der Waals surface area contributed by atoms with Crippen molar-refractivity contribution in [2.45, 2.75) is 18.1 Å². The van der Waals surface area contributed by atoms with Gasteiger partial charge in [0, 0.05) is 30.9 Å². The van der Waals surface area contributed by atoms with Gasteiger partial charge in [0.1, 0.15) is 0 Å². The molecular weight excluding hydrogens is 321 g/mol. The van der Waals surface area contributed by atoms with Crippen LogP contribution in [0, 0.1) is 0 Å². The summed E-state index contributed by atoms with van der Waals surface area (Å²) in [5, 5.41) is 11.6. The van der Waals surface area contributed by atoms with Gasteiger partial charge in [-0.1, -0.05) is 0 Å². The number of aromatic nitrogens is 1. The first-order valence-electron chi connectivity index (χ1n) is 6.51. The molecule has 1 unspecified atom stereocenters. The summed E-state index contributed by atoms with van der Waals surface area (Å²) in [5.41, 5.74) is -1.61. The summed E-state index contributed by atoms with van der Waals surface area (Å²) in [6.45, 7) is -1.54. The van der Waals surface area contributed by atoms with E-state index < -0.39 is 30.2 Å². The Labute approximate surface area is 128 Å². The lowest BCUT2D eigenvalue weighted by Gasteiger charge is -2.23. The van der Waals surface area contributed by atoms with Crippen molar-refractivity contribution in [1.29, 1.82) is 0 Å². The Morgan fingerprint density at radius 3 is 2.78 bits per heavy atom. The fraction of sp³-hybridized carbons (Fsp3) is 0.462. The molecule has 1 fully saturated rings. The van der Waals surface area contributed by atoms with Crippen molar-refractivity contribution < 1.29 is 37.3 Å². The van der Waals surface area contributed by atoms with Gasteiger partial charge in [-0.15, -0.1) is 0 Å². The minimum Gasteiger partial charge on any atom is -0.479 e. The lowest BCUT2D eigenvalue weighted by Crippen LogP contribution is -2.55. The third-order valence-electron chi connectivity index (χ3n) is 3.16. The number of nitrogens with one attached hydrogen (secondary N) is 1. The highest BCUT2D eigenvalue weighted by Crippen LogP contribution is 2.21. The fourth-order valence-corrected chi connectivity index (χ4v) is 1.96. The van der Waals surface area contributed by atoms with Crippen molar-refractivity contribution in [2.75, 3.05) is 19.8 Å². The molecule has 0 saturated carbocycles. The second kappa shape index (κ2) is 6.41. The number of carbonyl (C=O) groups is 2. The van der Waals surface area contributed by atoms with Crippen LogP contribution in [0.5, 0.6) is 5.88 Å². The molecule has 1 aliphatic heterocycles. The van der Waals surface area contributed by atoms with Gasteiger partial charge in [0.05, 0.1) is 6.61 Å². The van der Waals surface area contributed by atoms with Crippen LogP contribution < -0.4 is 10.1 Å². The number of pyridine rings is 1. The lowest BCUT2D eigenvalue weighted by atomic mass is 9.98. The van der Waals surface area contributed by atoms with Gasteiger partial charge in [0.2, 0.25) is 5.88 Å². The molecule has 0 spiro atoms. The summed E-state index contributed by atoms with van der Waals surface area (Å²) in [6.07, 6.45) is -3.34. The van der Waals surface area contributed by atoms with Gasteiger partial charge in [-0.25, -0.2) is 9.78 Å². The highest BCUT2D eigenvalue weighted by molar-refractivity contribution is 5.98. The first-order valence-corrected chi connectivity index (χ1v) is 6.51. The van der Waals surface area contributed by atoms with Crippen LogP contribution in [-0.4, -0.2) is 53.5 Å². The molecule has 10 heteroatoms. The smallest absolute Gasteiger partial charge is 0.422 e. The normalized spacial score (nSPS) is 21.0. The van der Waals surface area contributed by atoms with Gasteiger partial charge in [-0.2, -0.15) is 13.2 Å². The molecule has 7 nitrogen and oxygen atoms in total.